The van der Waals surface area contributed by atoms with Crippen molar-refractivity contribution in [3.63, 3.8) is 0 Å². The van der Waals surface area contributed by atoms with Crippen LogP contribution in [0.25, 0.3) is 0 Å². The van der Waals surface area contributed by atoms with E-state index < -0.39 is 0 Å². The lowest BCUT2D eigenvalue weighted by Gasteiger charge is -2.34. The monoisotopic (exact) mass is 265 g/mol. The molecular weight excluding hydrogens is 250 g/mol. The molecule has 1 nitrogen and oxygen atoms in total. The van der Waals surface area contributed by atoms with Gasteiger partial charge >= 0.3 is 0 Å². The lowest BCUT2D eigenvalue weighted by molar-refractivity contribution is 0.164. The molecule has 0 N–H and O–H groups in total. The molecule has 0 amide bonds. The Balaban J connectivity index is 1.76. The molecule has 1 saturated carbocycles. The summed E-state index contributed by atoms with van der Waals surface area (Å²) in [6.45, 7) is 3.92. The zero-order chi connectivity index (χ0) is 10.3. The zero-order valence-corrected chi connectivity index (χ0v) is 10.5. The first-order valence-electron chi connectivity index (χ1n) is 5.77. The summed E-state index contributed by atoms with van der Waals surface area (Å²) in [6, 6.07) is 8.92. The Hall–Kier alpha value is -0.340. The van der Waals surface area contributed by atoms with Crippen LogP contribution >= 0.6 is 15.9 Å². The highest BCUT2D eigenvalue weighted by atomic mass is 79.9. The third-order valence-electron chi connectivity index (χ3n) is 3.79. The second-order valence-corrected chi connectivity index (χ2v) is 5.83. The standard InChI is InChI=1S/C13H16BrN/c14-12-4-2-11(3-5-12)13(6-7-13)10-15-8-1-9-15/h2-5H,1,6-10H2. The first-order chi connectivity index (χ1) is 7.28. The highest BCUT2D eigenvalue weighted by Gasteiger charge is 2.45. The van der Waals surface area contributed by atoms with Crippen LogP contribution in [0.2, 0.25) is 0 Å². The molecule has 0 bridgehead atoms. The molecule has 2 aliphatic rings. The van der Waals surface area contributed by atoms with Gasteiger partial charge in [-0.05, 0) is 50.0 Å². The molecule has 0 unspecified atom stereocenters. The van der Waals surface area contributed by atoms with Crippen molar-refractivity contribution in [3.8, 4) is 0 Å². The third-order valence-corrected chi connectivity index (χ3v) is 4.31. The minimum atomic E-state index is 0.515. The van der Waals surface area contributed by atoms with Crippen LogP contribution in [-0.4, -0.2) is 24.5 Å². The van der Waals surface area contributed by atoms with Crippen LogP contribution in [0.5, 0.6) is 0 Å². The molecule has 15 heavy (non-hydrogen) atoms. The maximum Gasteiger partial charge on any atom is 0.0175 e. The summed E-state index contributed by atoms with van der Waals surface area (Å²) < 4.78 is 1.19. The van der Waals surface area contributed by atoms with E-state index in [4.69, 9.17) is 0 Å². The van der Waals surface area contributed by atoms with E-state index in [0.717, 1.165) is 0 Å². The van der Waals surface area contributed by atoms with Gasteiger partial charge in [0.2, 0.25) is 0 Å². The summed E-state index contributed by atoms with van der Waals surface area (Å²) in [7, 11) is 0. The lowest BCUT2D eigenvalue weighted by atomic mass is 9.94. The number of hydrogen-bond acceptors (Lipinski definition) is 1. The Morgan fingerprint density at radius 3 is 2.27 bits per heavy atom. The van der Waals surface area contributed by atoms with Crippen LogP contribution in [-0.2, 0) is 5.41 Å². The van der Waals surface area contributed by atoms with Gasteiger partial charge in [-0.1, -0.05) is 28.1 Å². The van der Waals surface area contributed by atoms with Crippen molar-refractivity contribution in [1.29, 1.82) is 0 Å². The molecule has 1 aromatic carbocycles. The number of halogens is 1. The van der Waals surface area contributed by atoms with Gasteiger partial charge in [0.05, 0.1) is 0 Å². The van der Waals surface area contributed by atoms with Crippen LogP contribution in [0.3, 0.4) is 0 Å². The SMILES string of the molecule is Brc1ccc(C2(CN3CCC3)CC2)cc1. The molecule has 1 heterocycles. The highest BCUT2D eigenvalue weighted by molar-refractivity contribution is 9.10. The fourth-order valence-corrected chi connectivity index (χ4v) is 2.72. The van der Waals surface area contributed by atoms with Gasteiger partial charge < -0.3 is 4.90 Å². The molecule has 2 fully saturated rings. The van der Waals surface area contributed by atoms with Crippen LogP contribution in [0, 0.1) is 0 Å². The van der Waals surface area contributed by atoms with Gasteiger partial charge in [0.25, 0.3) is 0 Å². The summed E-state index contributed by atoms with van der Waals surface area (Å²) in [5.74, 6) is 0. The van der Waals surface area contributed by atoms with Crippen LogP contribution in [0.1, 0.15) is 24.8 Å². The largest absolute Gasteiger partial charge is 0.302 e. The number of likely N-dealkylation sites (tertiary alicyclic amines) is 1. The predicted octanol–water partition coefficient (Wildman–Crippen LogP) is 3.19. The molecule has 1 aromatic rings. The van der Waals surface area contributed by atoms with Gasteiger partial charge in [-0.25, -0.2) is 0 Å². The van der Waals surface area contributed by atoms with Crippen LogP contribution in [0.4, 0.5) is 0 Å². The number of benzene rings is 1. The van der Waals surface area contributed by atoms with E-state index >= 15 is 0 Å². The first-order valence-corrected chi connectivity index (χ1v) is 6.56. The van der Waals surface area contributed by atoms with Crippen LogP contribution < -0.4 is 0 Å². The fourth-order valence-electron chi connectivity index (χ4n) is 2.46. The van der Waals surface area contributed by atoms with E-state index in [0.29, 0.717) is 5.41 Å². The highest BCUT2D eigenvalue weighted by Crippen LogP contribution is 2.49. The Morgan fingerprint density at radius 1 is 1.13 bits per heavy atom. The second-order valence-electron chi connectivity index (χ2n) is 4.92. The third kappa shape index (κ3) is 1.85. The number of nitrogens with zero attached hydrogens (tertiary/aromatic N) is 1. The summed E-state index contributed by atoms with van der Waals surface area (Å²) in [6.07, 6.45) is 4.16. The number of hydrogen-bond donors (Lipinski definition) is 0. The first kappa shape index (κ1) is 9.86. The summed E-state index contributed by atoms with van der Waals surface area (Å²) in [5, 5.41) is 0. The molecule has 0 aromatic heterocycles. The second kappa shape index (κ2) is 3.60. The maximum atomic E-state index is 3.50. The molecular formula is C13H16BrN. The minimum Gasteiger partial charge on any atom is -0.302 e. The maximum absolute atomic E-state index is 3.50. The topological polar surface area (TPSA) is 3.24 Å². The smallest absolute Gasteiger partial charge is 0.0175 e. The average Bonchev–Trinajstić information content (AvgIpc) is 2.94. The van der Waals surface area contributed by atoms with Crippen molar-refractivity contribution < 1.29 is 0 Å². The Kier molecular flexibility index (Phi) is 2.37. The van der Waals surface area contributed by atoms with E-state index in [-0.39, 0.29) is 0 Å². The molecule has 80 valence electrons. The van der Waals surface area contributed by atoms with Gasteiger partial charge in [-0.3, -0.25) is 0 Å². The number of rotatable bonds is 3. The Bertz CT molecular complexity index is 349. The van der Waals surface area contributed by atoms with Gasteiger partial charge in [-0.15, -0.1) is 0 Å². The molecule has 2 heteroatoms. The average molecular weight is 266 g/mol. The lowest BCUT2D eigenvalue weighted by Crippen LogP contribution is -2.42. The molecule has 1 aliphatic heterocycles. The quantitative estimate of drug-likeness (QED) is 0.812. The fraction of sp³-hybridized carbons (Fsp3) is 0.538. The summed E-state index contributed by atoms with van der Waals surface area (Å²) in [4.78, 5) is 2.59. The molecule has 3 rings (SSSR count). The van der Waals surface area contributed by atoms with Gasteiger partial charge in [0.1, 0.15) is 0 Å². The molecule has 0 radical (unpaired) electrons. The molecule has 1 saturated heterocycles. The molecule has 0 spiro atoms. The minimum absolute atomic E-state index is 0.515. The van der Waals surface area contributed by atoms with Crippen LogP contribution in [0.15, 0.2) is 28.7 Å². The van der Waals surface area contributed by atoms with Gasteiger partial charge in [-0.2, -0.15) is 0 Å². The predicted molar refractivity (Wildman–Crippen MR) is 66.1 cm³/mol. The van der Waals surface area contributed by atoms with Crippen molar-refractivity contribution >= 4 is 15.9 Å². The Morgan fingerprint density at radius 2 is 1.80 bits per heavy atom. The van der Waals surface area contributed by atoms with Crippen molar-refractivity contribution in [2.24, 2.45) is 0 Å². The van der Waals surface area contributed by atoms with E-state index in [1.165, 1.54) is 48.9 Å². The van der Waals surface area contributed by atoms with E-state index in [9.17, 15) is 0 Å². The Labute approximate surface area is 99.6 Å². The zero-order valence-electron chi connectivity index (χ0n) is 8.88. The van der Waals surface area contributed by atoms with Crippen molar-refractivity contribution in [2.45, 2.75) is 24.7 Å². The van der Waals surface area contributed by atoms with Gasteiger partial charge in [0, 0.05) is 16.4 Å². The summed E-state index contributed by atoms with van der Waals surface area (Å²) in [5.41, 5.74) is 2.05. The van der Waals surface area contributed by atoms with E-state index in [1.54, 1.807) is 0 Å². The van der Waals surface area contributed by atoms with Crippen molar-refractivity contribution in [1.82, 2.24) is 4.90 Å². The summed E-state index contributed by atoms with van der Waals surface area (Å²) >= 11 is 3.50. The van der Waals surface area contributed by atoms with Crippen molar-refractivity contribution in [3.05, 3.63) is 34.3 Å². The normalized spacial score (nSPS) is 23.5. The van der Waals surface area contributed by atoms with E-state index in [1.807, 2.05) is 0 Å². The van der Waals surface area contributed by atoms with Gasteiger partial charge in [0.15, 0.2) is 0 Å². The van der Waals surface area contributed by atoms with E-state index in [2.05, 4.69) is 45.1 Å². The molecule has 1 aliphatic carbocycles. The molecule has 0 atom stereocenters. The van der Waals surface area contributed by atoms with Crippen molar-refractivity contribution in [2.75, 3.05) is 19.6 Å².